The lowest BCUT2D eigenvalue weighted by molar-refractivity contribution is 0.134. The van der Waals surface area contributed by atoms with Gasteiger partial charge in [-0.25, -0.2) is 0 Å². The lowest BCUT2D eigenvalue weighted by Gasteiger charge is -2.19. The zero-order valence-corrected chi connectivity index (χ0v) is 18.5. The number of benzene rings is 2. The highest BCUT2D eigenvalue weighted by Gasteiger charge is 2.43. The lowest BCUT2D eigenvalue weighted by Crippen LogP contribution is -2.40. The normalized spacial score (nSPS) is 15.0. The Hall–Kier alpha value is -1.60. The predicted octanol–water partition coefficient (Wildman–Crippen LogP) is 4.24. The van der Waals surface area contributed by atoms with E-state index in [0.29, 0.717) is 6.61 Å². The molecule has 0 atom stereocenters. The highest BCUT2D eigenvalue weighted by molar-refractivity contribution is 14.0. The number of nitrogens with zero attached hydrogens (tertiary/aromatic N) is 1. The van der Waals surface area contributed by atoms with E-state index in [1.807, 2.05) is 14.0 Å². The summed E-state index contributed by atoms with van der Waals surface area (Å²) in [4.78, 5) is 4.36. The maximum Gasteiger partial charge on any atom is 0.191 e. The van der Waals surface area contributed by atoms with E-state index in [0.717, 1.165) is 25.7 Å². The van der Waals surface area contributed by atoms with E-state index in [-0.39, 0.29) is 29.4 Å². The van der Waals surface area contributed by atoms with Crippen molar-refractivity contribution < 1.29 is 4.74 Å². The summed E-state index contributed by atoms with van der Waals surface area (Å²) in [6.07, 6.45) is 2.48. The Morgan fingerprint density at radius 2 is 1.67 bits per heavy atom. The summed E-state index contributed by atoms with van der Waals surface area (Å²) in [5.41, 5.74) is 4.14. The number of nitrogens with one attached hydrogen (secondary N) is 2. The Labute approximate surface area is 179 Å². The van der Waals surface area contributed by atoms with Gasteiger partial charge < -0.3 is 15.4 Å². The molecule has 0 amide bonds. The predicted molar refractivity (Wildman–Crippen MR) is 123 cm³/mol. The molecule has 4 nitrogen and oxygen atoms in total. The SMILES string of the molecule is CCOCc1ccc(CNC(=NC)NCC2(c3ccccc3)CC2)cc1.I. The zero-order chi connectivity index (χ0) is 18.2. The zero-order valence-electron chi connectivity index (χ0n) is 16.2. The Kier molecular flexibility index (Phi) is 8.57. The van der Waals surface area contributed by atoms with E-state index in [1.54, 1.807) is 0 Å². The Morgan fingerprint density at radius 3 is 2.26 bits per heavy atom. The third-order valence-corrected chi connectivity index (χ3v) is 5.01. The molecule has 2 aromatic carbocycles. The molecule has 146 valence electrons. The van der Waals surface area contributed by atoms with Crippen molar-refractivity contribution >= 4 is 29.9 Å². The van der Waals surface area contributed by atoms with Gasteiger partial charge in [-0.1, -0.05) is 54.6 Å². The fourth-order valence-corrected chi connectivity index (χ4v) is 3.14. The molecule has 5 heteroatoms. The smallest absolute Gasteiger partial charge is 0.191 e. The highest BCUT2D eigenvalue weighted by Crippen LogP contribution is 2.47. The molecule has 0 unspecified atom stereocenters. The molecule has 2 N–H and O–H groups in total. The van der Waals surface area contributed by atoms with Crippen molar-refractivity contribution in [2.45, 2.75) is 38.3 Å². The van der Waals surface area contributed by atoms with Gasteiger partial charge in [-0.2, -0.15) is 0 Å². The number of aliphatic imine (C=N–C) groups is 1. The van der Waals surface area contributed by atoms with Gasteiger partial charge in [0.2, 0.25) is 0 Å². The molecule has 1 aliphatic rings. The highest BCUT2D eigenvalue weighted by atomic mass is 127. The summed E-state index contributed by atoms with van der Waals surface area (Å²) < 4.78 is 5.44. The maximum atomic E-state index is 5.44. The Morgan fingerprint density at radius 1 is 1.00 bits per heavy atom. The molecule has 0 aliphatic heterocycles. The largest absolute Gasteiger partial charge is 0.377 e. The number of ether oxygens (including phenoxy) is 1. The van der Waals surface area contributed by atoms with Crippen LogP contribution < -0.4 is 10.6 Å². The Balaban J connectivity index is 0.00000261. The van der Waals surface area contributed by atoms with E-state index >= 15 is 0 Å². The second-order valence-electron chi connectivity index (χ2n) is 6.88. The number of guanidine groups is 1. The molecule has 0 aromatic heterocycles. The first-order chi connectivity index (χ1) is 12.8. The minimum absolute atomic E-state index is 0. The van der Waals surface area contributed by atoms with Gasteiger partial charge >= 0.3 is 0 Å². The van der Waals surface area contributed by atoms with E-state index in [2.05, 4.69) is 70.2 Å². The fourth-order valence-electron chi connectivity index (χ4n) is 3.14. The molecule has 0 spiro atoms. The Bertz CT molecular complexity index is 712. The van der Waals surface area contributed by atoms with Crippen LogP contribution in [0.3, 0.4) is 0 Å². The summed E-state index contributed by atoms with van der Waals surface area (Å²) in [6, 6.07) is 19.3. The van der Waals surface area contributed by atoms with Crippen LogP contribution in [-0.2, 0) is 23.3 Å². The van der Waals surface area contributed by atoms with Crippen molar-refractivity contribution in [3.05, 3.63) is 71.3 Å². The van der Waals surface area contributed by atoms with Crippen LogP contribution in [-0.4, -0.2) is 26.2 Å². The van der Waals surface area contributed by atoms with Gasteiger partial charge in [0.05, 0.1) is 6.61 Å². The monoisotopic (exact) mass is 479 g/mol. The molecular formula is C22H30IN3O. The van der Waals surface area contributed by atoms with E-state index in [9.17, 15) is 0 Å². The van der Waals surface area contributed by atoms with Gasteiger partial charge in [0.1, 0.15) is 0 Å². The van der Waals surface area contributed by atoms with Gasteiger partial charge in [-0.3, -0.25) is 4.99 Å². The van der Waals surface area contributed by atoms with E-state index < -0.39 is 0 Å². The van der Waals surface area contributed by atoms with Crippen molar-refractivity contribution in [3.8, 4) is 0 Å². The number of hydrogen-bond acceptors (Lipinski definition) is 2. The summed E-state index contributed by atoms with van der Waals surface area (Å²) in [5, 5.41) is 6.91. The average molecular weight is 479 g/mol. The van der Waals surface area contributed by atoms with Crippen molar-refractivity contribution in [3.63, 3.8) is 0 Å². The summed E-state index contributed by atoms with van der Waals surface area (Å²) in [6.45, 7) is 5.11. The fraction of sp³-hybridized carbons (Fsp3) is 0.409. The quantitative estimate of drug-likeness (QED) is 0.338. The van der Waals surface area contributed by atoms with Crippen molar-refractivity contribution in [1.82, 2.24) is 10.6 Å². The second-order valence-corrected chi connectivity index (χ2v) is 6.88. The second kappa shape index (κ2) is 10.7. The summed E-state index contributed by atoms with van der Waals surface area (Å²) in [7, 11) is 1.82. The first kappa shape index (κ1) is 21.7. The minimum Gasteiger partial charge on any atom is -0.377 e. The van der Waals surface area contributed by atoms with Gasteiger partial charge in [0.25, 0.3) is 0 Å². The van der Waals surface area contributed by atoms with Gasteiger partial charge in [0.15, 0.2) is 5.96 Å². The number of hydrogen-bond donors (Lipinski definition) is 2. The average Bonchev–Trinajstić information content (AvgIpc) is 3.49. The molecule has 1 fully saturated rings. The van der Waals surface area contributed by atoms with Crippen LogP contribution in [0.2, 0.25) is 0 Å². The minimum atomic E-state index is 0. The molecule has 0 bridgehead atoms. The van der Waals surface area contributed by atoms with Gasteiger partial charge in [-0.05, 0) is 36.5 Å². The third-order valence-electron chi connectivity index (χ3n) is 5.01. The first-order valence-corrected chi connectivity index (χ1v) is 9.41. The molecule has 0 radical (unpaired) electrons. The van der Waals surface area contributed by atoms with Crippen LogP contribution >= 0.6 is 24.0 Å². The van der Waals surface area contributed by atoms with Crippen LogP contribution in [0.25, 0.3) is 0 Å². The van der Waals surface area contributed by atoms with Crippen molar-refractivity contribution in [2.75, 3.05) is 20.2 Å². The summed E-state index contributed by atoms with van der Waals surface area (Å²) in [5.74, 6) is 0.852. The number of rotatable bonds is 8. The molecule has 27 heavy (non-hydrogen) atoms. The van der Waals surface area contributed by atoms with Crippen LogP contribution in [0.4, 0.5) is 0 Å². The summed E-state index contributed by atoms with van der Waals surface area (Å²) >= 11 is 0. The van der Waals surface area contributed by atoms with Crippen LogP contribution in [0.1, 0.15) is 36.5 Å². The van der Waals surface area contributed by atoms with Gasteiger partial charge in [0, 0.05) is 32.2 Å². The molecular weight excluding hydrogens is 449 g/mol. The van der Waals surface area contributed by atoms with Crippen LogP contribution in [0.15, 0.2) is 59.6 Å². The topological polar surface area (TPSA) is 45.6 Å². The maximum absolute atomic E-state index is 5.44. The van der Waals surface area contributed by atoms with Crippen molar-refractivity contribution in [2.24, 2.45) is 4.99 Å². The van der Waals surface area contributed by atoms with E-state index in [4.69, 9.17) is 4.74 Å². The molecule has 2 aromatic rings. The molecule has 1 saturated carbocycles. The van der Waals surface area contributed by atoms with Crippen molar-refractivity contribution in [1.29, 1.82) is 0 Å². The van der Waals surface area contributed by atoms with Crippen LogP contribution in [0.5, 0.6) is 0 Å². The third kappa shape index (κ3) is 6.21. The van der Waals surface area contributed by atoms with Gasteiger partial charge in [-0.15, -0.1) is 24.0 Å². The first-order valence-electron chi connectivity index (χ1n) is 9.41. The molecule has 3 rings (SSSR count). The molecule has 1 aliphatic carbocycles. The molecule has 0 heterocycles. The number of halogens is 1. The molecule has 0 saturated heterocycles. The van der Waals surface area contributed by atoms with Crippen LogP contribution in [0, 0.1) is 0 Å². The lowest BCUT2D eigenvalue weighted by atomic mass is 9.96. The standard InChI is InChI=1S/C22H29N3O.HI/c1-3-26-16-19-11-9-18(10-12-19)15-24-21(23-2)25-17-22(13-14-22)20-7-5-4-6-8-20;/h4-12H,3,13-17H2,1-2H3,(H2,23,24,25);1H. The van der Waals surface area contributed by atoms with E-state index in [1.165, 1.54) is 29.5 Å².